The number of carbonyl (C=O) groups excluding carboxylic acids is 3. The molecule has 6 atom stereocenters. The van der Waals surface area contributed by atoms with Gasteiger partial charge in [-0.05, 0) is 31.2 Å². The highest BCUT2D eigenvalue weighted by atomic mass is 31.2. The minimum absolute atomic E-state index is 0.0466. The molecule has 2 fully saturated rings. The highest BCUT2D eigenvalue weighted by Crippen LogP contribution is 2.50. The Kier molecular flexibility index (Phi) is 11.2. The number of aromatic nitrogens is 3. The average molecular weight is 701 g/mol. The minimum atomic E-state index is -4.54. The molecule has 2 saturated heterocycles. The molecule has 3 aromatic rings. The first kappa shape index (κ1) is 35.7. The summed E-state index contributed by atoms with van der Waals surface area (Å²) in [6.07, 6.45) is -3.16. The number of nitrogens with one attached hydrogen (secondary N) is 1. The molecule has 0 radical (unpaired) electrons. The third-order valence-corrected chi connectivity index (χ3v) is 9.38. The van der Waals surface area contributed by atoms with Gasteiger partial charge in [-0.1, -0.05) is 32.0 Å². The van der Waals surface area contributed by atoms with E-state index in [1.807, 2.05) is 0 Å². The number of ether oxygens (including phenoxy) is 5. The fraction of sp³-hybridized carbons (Fsp3) is 0.484. The zero-order chi connectivity index (χ0) is 35.2. The van der Waals surface area contributed by atoms with Crippen LogP contribution < -0.4 is 15.3 Å². The lowest BCUT2D eigenvalue weighted by Crippen LogP contribution is -2.48. The van der Waals surface area contributed by atoms with Crippen molar-refractivity contribution in [1.29, 1.82) is 0 Å². The molecule has 2 aromatic heterocycles. The van der Waals surface area contributed by atoms with E-state index >= 15 is 0 Å². The first-order valence-corrected chi connectivity index (χ1v) is 17.1. The van der Waals surface area contributed by atoms with Gasteiger partial charge in [0, 0.05) is 18.8 Å². The van der Waals surface area contributed by atoms with Crippen molar-refractivity contribution in [2.75, 3.05) is 32.2 Å². The van der Waals surface area contributed by atoms with Crippen LogP contribution >= 0.6 is 7.75 Å². The molecular weight excluding hydrogens is 663 g/mol. The number of anilines is 1. The van der Waals surface area contributed by atoms with Gasteiger partial charge >= 0.3 is 31.4 Å². The molecular formula is C31H37N6O11P. The summed E-state index contributed by atoms with van der Waals surface area (Å²) in [5, 5.41) is 6.81. The molecule has 18 heteroatoms. The molecule has 49 heavy (non-hydrogen) atoms. The second-order valence-electron chi connectivity index (χ2n) is 11.3. The number of hydrogen-bond acceptors (Lipinski definition) is 14. The normalized spacial score (nSPS) is 23.8. The number of nitrogens with zero attached hydrogens (tertiary/aromatic N) is 4. The highest BCUT2D eigenvalue weighted by Gasteiger charge is 2.67. The Labute approximate surface area is 281 Å². The van der Waals surface area contributed by atoms with Gasteiger partial charge in [-0.25, -0.2) is 20.6 Å². The van der Waals surface area contributed by atoms with Gasteiger partial charge in [0.25, 0.3) is 0 Å². The van der Waals surface area contributed by atoms with Crippen LogP contribution in [0.5, 0.6) is 5.75 Å². The van der Waals surface area contributed by atoms with Gasteiger partial charge in [-0.3, -0.25) is 28.5 Å². The third kappa shape index (κ3) is 8.01. The SMILES string of the molecule is [C-]#[N+][C@]1(CO[P@@](=O)(N[C@@H](C)C(=O)OCC2COC2)Oc2ccccc2)O[C@@H](c2ccc3c(N)ncnn23)[C@H](OC(=O)CC)[C@@H]1OC(=O)CC. The van der Waals surface area contributed by atoms with E-state index < -0.39 is 62.3 Å². The fourth-order valence-electron chi connectivity index (χ4n) is 5.05. The molecule has 0 spiro atoms. The summed E-state index contributed by atoms with van der Waals surface area (Å²) < 4.78 is 55.6. The van der Waals surface area contributed by atoms with E-state index in [1.165, 1.54) is 29.9 Å². The van der Waals surface area contributed by atoms with Crippen molar-refractivity contribution in [2.45, 2.75) is 63.7 Å². The fourth-order valence-corrected chi connectivity index (χ4v) is 6.56. The van der Waals surface area contributed by atoms with Crippen molar-refractivity contribution in [2.24, 2.45) is 5.92 Å². The second kappa shape index (κ2) is 15.3. The van der Waals surface area contributed by atoms with Crippen molar-refractivity contribution in [3.63, 3.8) is 0 Å². The van der Waals surface area contributed by atoms with Gasteiger partial charge in [-0.15, -0.1) is 0 Å². The van der Waals surface area contributed by atoms with Crippen LogP contribution in [0.1, 0.15) is 45.4 Å². The molecule has 4 heterocycles. The Hall–Kier alpha value is -4.59. The predicted octanol–water partition coefficient (Wildman–Crippen LogP) is 3.01. The van der Waals surface area contributed by atoms with E-state index in [-0.39, 0.29) is 42.6 Å². The monoisotopic (exact) mass is 700 g/mol. The lowest BCUT2D eigenvalue weighted by Gasteiger charge is -2.28. The molecule has 0 amide bonds. The number of benzene rings is 1. The van der Waals surface area contributed by atoms with Crippen LogP contribution in [0.15, 0.2) is 48.8 Å². The first-order chi connectivity index (χ1) is 23.5. The number of para-hydroxylation sites is 1. The molecule has 0 unspecified atom stereocenters. The van der Waals surface area contributed by atoms with Gasteiger partial charge in [-0.2, -0.15) is 10.2 Å². The summed E-state index contributed by atoms with van der Waals surface area (Å²) in [6.45, 7) is 13.0. The van der Waals surface area contributed by atoms with E-state index in [2.05, 4.69) is 20.0 Å². The van der Waals surface area contributed by atoms with E-state index in [0.717, 1.165) is 0 Å². The summed E-state index contributed by atoms with van der Waals surface area (Å²) in [4.78, 5) is 46.0. The maximum Gasteiger partial charge on any atom is 0.459 e. The summed E-state index contributed by atoms with van der Waals surface area (Å²) in [6, 6.07) is 10.0. The largest absolute Gasteiger partial charge is 0.464 e. The average Bonchev–Trinajstić information content (AvgIpc) is 3.63. The first-order valence-electron chi connectivity index (χ1n) is 15.6. The predicted molar refractivity (Wildman–Crippen MR) is 169 cm³/mol. The molecule has 0 aliphatic carbocycles. The zero-order valence-electron chi connectivity index (χ0n) is 27.1. The van der Waals surface area contributed by atoms with E-state index in [4.69, 9.17) is 45.0 Å². The molecule has 0 saturated carbocycles. The quantitative estimate of drug-likeness (QED) is 0.101. The van der Waals surface area contributed by atoms with E-state index in [1.54, 1.807) is 44.2 Å². The van der Waals surface area contributed by atoms with Crippen LogP contribution in [0.25, 0.3) is 10.4 Å². The molecule has 262 valence electrons. The highest BCUT2D eigenvalue weighted by molar-refractivity contribution is 7.52. The van der Waals surface area contributed by atoms with E-state index in [9.17, 15) is 18.9 Å². The van der Waals surface area contributed by atoms with Gasteiger partial charge in [0.2, 0.25) is 6.10 Å². The van der Waals surface area contributed by atoms with Gasteiger partial charge in [0.1, 0.15) is 29.7 Å². The molecule has 2 aliphatic heterocycles. The summed E-state index contributed by atoms with van der Waals surface area (Å²) in [5.41, 5.74) is 4.47. The van der Waals surface area contributed by atoms with Crippen LogP contribution in [0.3, 0.4) is 0 Å². The maximum atomic E-state index is 14.4. The Bertz CT molecular complexity index is 1750. The number of nitrogen functional groups attached to an aromatic ring is 1. The lowest BCUT2D eigenvalue weighted by atomic mass is 10.0. The number of rotatable bonds is 15. The number of hydrogen-bond donors (Lipinski definition) is 2. The number of fused-ring (bicyclic) bond motifs is 1. The number of carbonyl (C=O) groups is 3. The summed E-state index contributed by atoms with van der Waals surface area (Å²) >= 11 is 0. The van der Waals surface area contributed by atoms with Crippen LogP contribution in [0.4, 0.5) is 5.82 Å². The summed E-state index contributed by atoms with van der Waals surface area (Å²) in [7, 11) is -4.54. The van der Waals surface area contributed by atoms with Crippen molar-refractivity contribution >= 4 is 37.0 Å². The van der Waals surface area contributed by atoms with Crippen LogP contribution in [0, 0.1) is 12.5 Å². The molecule has 0 bridgehead atoms. The minimum Gasteiger partial charge on any atom is -0.464 e. The van der Waals surface area contributed by atoms with Crippen LogP contribution in [0.2, 0.25) is 0 Å². The molecule has 1 aromatic carbocycles. The molecule has 3 N–H and O–H groups in total. The topological polar surface area (TPSA) is 205 Å². The molecule has 17 nitrogen and oxygen atoms in total. The number of nitrogens with two attached hydrogens (primary N) is 1. The van der Waals surface area contributed by atoms with Crippen molar-refractivity contribution in [1.82, 2.24) is 19.7 Å². The van der Waals surface area contributed by atoms with E-state index in [0.29, 0.717) is 18.7 Å². The van der Waals surface area contributed by atoms with Gasteiger partial charge < -0.3 is 29.2 Å². The Morgan fingerprint density at radius 3 is 2.51 bits per heavy atom. The maximum absolute atomic E-state index is 14.4. The second-order valence-corrected chi connectivity index (χ2v) is 13.0. The van der Waals surface area contributed by atoms with Crippen molar-refractivity contribution < 1.29 is 51.7 Å². The van der Waals surface area contributed by atoms with Crippen molar-refractivity contribution in [3.05, 3.63) is 65.9 Å². The number of esters is 3. The third-order valence-electron chi connectivity index (χ3n) is 7.75. The summed E-state index contributed by atoms with van der Waals surface area (Å²) in [5.74, 6) is -1.81. The molecule has 5 rings (SSSR count). The Morgan fingerprint density at radius 1 is 1.14 bits per heavy atom. The van der Waals surface area contributed by atoms with Crippen LogP contribution in [-0.2, 0) is 47.2 Å². The van der Waals surface area contributed by atoms with Crippen molar-refractivity contribution in [3.8, 4) is 5.75 Å². The Balaban J connectivity index is 1.49. The standard InChI is InChI=1S/C31H37N6O11P/c1-5-24(38)45-27-26(22-12-13-23-29(32)34-18-35-37(22)23)47-31(33-4,28(27)46-25(39)6-2)17-44-49(41,48-21-10-8-7-9-11-21)36-19(3)30(40)43-16-20-14-42-15-20/h7-13,18-20,26-28H,5-6,14-17H2,1-3H3,(H,36,41)(H2,32,34,35)/t19-,26-,27-,28-,31+,49-/m0/s1. The smallest absolute Gasteiger partial charge is 0.459 e. The van der Waals surface area contributed by atoms with Gasteiger partial charge in [0.15, 0.2) is 18.5 Å². The molecule has 2 aliphatic rings. The zero-order valence-corrected chi connectivity index (χ0v) is 27.9. The van der Waals surface area contributed by atoms with Gasteiger partial charge in [0.05, 0.1) is 25.5 Å². The Morgan fingerprint density at radius 2 is 1.86 bits per heavy atom. The van der Waals surface area contributed by atoms with Crippen LogP contribution in [-0.4, -0.2) is 82.9 Å². The lowest BCUT2D eigenvalue weighted by molar-refractivity contribution is -0.169.